The molecule has 1 aromatic carbocycles. The molecule has 0 aliphatic rings. The largest absolute Gasteiger partial charge is 0.440 e. The molecule has 1 N–H and O–H groups in total. The Labute approximate surface area is 131 Å². The fourth-order valence-electron chi connectivity index (χ4n) is 2.05. The van der Waals surface area contributed by atoms with Crippen LogP contribution in [0.25, 0.3) is 11.3 Å². The van der Waals surface area contributed by atoms with Crippen LogP contribution in [0.1, 0.15) is 18.0 Å². The highest BCUT2D eigenvalue weighted by Crippen LogP contribution is 2.24. The minimum atomic E-state index is -0.131. The van der Waals surface area contributed by atoms with Crippen LogP contribution in [-0.4, -0.2) is 21.1 Å². The Morgan fingerprint density at radius 1 is 1.32 bits per heavy atom. The molecule has 7 heteroatoms. The van der Waals surface area contributed by atoms with Crippen LogP contribution in [0.4, 0.5) is 5.13 Å². The minimum Gasteiger partial charge on any atom is -0.440 e. The Bertz CT molecular complexity index is 753. The van der Waals surface area contributed by atoms with Gasteiger partial charge in [0, 0.05) is 18.4 Å². The highest BCUT2D eigenvalue weighted by molar-refractivity contribution is 7.13. The van der Waals surface area contributed by atoms with Crippen LogP contribution in [0.15, 0.2) is 40.3 Å². The number of aromatic nitrogens is 3. The van der Waals surface area contributed by atoms with E-state index in [1.807, 2.05) is 37.3 Å². The van der Waals surface area contributed by atoms with Crippen LogP contribution in [0, 0.1) is 6.92 Å². The zero-order chi connectivity index (χ0) is 15.4. The summed E-state index contributed by atoms with van der Waals surface area (Å²) in [5, 5.41) is 10.6. The first kappa shape index (κ1) is 14.4. The number of aryl methyl sites for hydroxylation is 2. The van der Waals surface area contributed by atoms with Crippen LogP contribution in [-0.2, 0) is 11.2 Å². The Balaban J connectivity index is 1.63. The molecular weight excluding hydrogens is 300 g/mol. The lowest BCUT2D eigenvalue weighted by Crippen LogP contribution is -2.12. The molecule has 3 rings (SSSR count). The van der Waals surface area contributed by atoms with Crippen molar-refractivity contribution in [2.24, 2.45) is 0 Å². The van der Waals surface area contributed by atoms with Gasteiger partial charge in [0.25, 0.3) is 0 Å². The van der Waals surface area contributed by atoms with Crippen molar-refractivity contribution in [3.63, 3.8) is 0 Å². The van der Waals surface area contributed by atoms with E-state index >= 15 is 0 Å². The number of hydrogen-bond acceptors (Lipinski definition) is 6. The van der Waals surface area contributed by atoms with Gasteiger partial charge >= 0.3 is 0 Å². The minimum absolute atomic E-state index is 0.131. The fourth-order valence-corrected chi connectivity index (χ4v) is 2.51. The van der Waals surface area contributed by atoms with Gasteiger partial charge in [0.2, 0.25) is 11.0 Å². The summed E-state index contributed by atoms with van der Waals surface area (Å²) in [4.78, 5) is 16.2. The fraction of sp³-hybridized carbons (Fsp3) is 0.200. The molecule has 0 spiro atoms. The molecule has 2 heterocycles. The van der Waals surface area contributed by atoms with E-state index in [2.05, 4.69) is 20.5 Å². The molecule has 1 amide bonds. The van der Waals surface area contributed by atoms with Crippen molar-refractivity contribution >= 4 is 22.4 Å². The molecule has 0 bridgehead atoms. The second kappa shape index (κ2) is 6.48. The molecule has 6 nitrogen and oxygen atoms in total. The molecule has 22 heavy (non-hydrogen) atoms. The normalized spacial score (nSPS) is 10.6. The molecule has 3 aromatic rings. The first-order valence-corrected chi connectivity index (χ1v) is 7.68. The number of nitrogens with one attached hydrogen (secondary N) is 1. The van der Waals surface area contributed by atoms with E-state index in [1.165, 1.54) is 11.3 Å². The second-order valence-electron chi connectivity index (χ2n) is 4.68. The summed E-state index contributed by atoms with van der Waals surface area (Å²) in [5.41, 5.74) is 3.38. The van der Waals surface area contributed by atoms with Crippen molar-refractivity contribution in [3.8, 4) is 11.3 Å². The zero-order valence-electron chi connectivity index (χ0n) is 11.9. The monoisotopic (exact) mass is 314 g/mol. The molecule has 0 saturated carbocycles. The number of carbonyl (C=O) groups is 1. The molecule has 0 saturated heterocycles. The summed E-state index contributed by atoms with van der Waals surface area (Å²) in [6.45, 7) is 1.90. The van der Waals surface area contributed by atoms with Gasteiger partial charge in [-0.15, -0.1) is 10.2 Å². The third-order valence-electron chi connectivity index (χ3n) is 3.05. The van der Waals surface area contributed by atoms with Gasteiger partial charge in [-0.1, -0.05) is 41.7 Å². The Kier molecular flexibility index (Phi) is 4.24. The van der Waals surface area contributed by atoms with E-state index in [4.69, 9.17) is 4.42 Å². The van der Waals surface area contributed by atoms with Crippen LogP contribution >= 0.6 is 11.3 Å². The number of anilines is 1. The third kappa shape index (κ3) is 3.37. The van der Waals surface area contributed by atoms with E-state index in [0.717, 1.165) is 17.0 Å². The Hall–Kier alpha value is -2.54. The van der Waals surface area contributed by atoms with Gasteiger partial charge < -0.3 is 9.73 Å². The van der Waals surface area contributed by atoms with Crippen molar-refractivity contribution < 1.29 is 9.21 Å². The Morgan fingerprint density at radius 2 is 2.14 bits per heavy atom. The standard InChI is InChI=1S/C15H14N4O2S/c1-10-14(11-5-3-2-4-6-11)21-13(17-10)8-7-12(20)18-15-19-16-9-22-15/h2-6,9H,7-8H2,1H3,(H,18,19,20). The van der Waals surface area contributed by atoms with E-state index in [-0.39, 0.29) is 12.3 Å². The quantitative estimate of drug-likeness (QED) is 0.782. The van der Waals surface area contributed by atoms with E-state index in [1.54, 1.807) is 5.51 Å². The number of hydrogen-bond donors (Lipinski definition) is 1. The number of carbonyl (C=O) groups excluding carboxylic acids is 1. The highest BCUT2D eigenvalue weighted by atomic mass is 32.1. The van der Waals surface area contributed by atoms with Crippen molar-refractivity contribution in [1.82, 2.24) is 15.2 Å². The second-order valence-corrected chi connectivity index (χ2v) is 5.51. The van der Waals surface area contributed by atoms with Gasteiger partial charge in [0.15, 0.2) is 11.7 Å². The van der Waals surface area contributed by atoms with Gasteiger partial charge in [0.05, 0.1) is 5.69 Å². The van der Waals surface area contributed by atoms with E-state index in [9.17, 15) is 4.79 Å². The van der Waals surface area contributed by atoms with Crippen molar-refractivity contribution in [2.45, 2.75) is 19.8 Å². The van der Waals surface area contributed by atoms with E-state index < -0.39 is 0 Å². The van der Waals surface area contributed by atoms with Crippen LogP contribution < -0.4 is 5.32 Å². The third-order valence-corrected chi connectivity index (χ3v) is 3.66. The van der Waals surface area contributed by atoms with Gasteiger partial charge in [-0.3, -0.25) is 4.79 Å². The van der Waals surface area contributed by atoms with Crippen molar-refractivity contribution in [2.75, 3.05) is 5.32 Å². The van der Waals surface area contributed by atoms with Gasteiger partial charge in [0.1, 0.15) is 5.51 Å². The summed E-state index contributed by atoms with van der Waals surface area (Å²) >= 11 is 1.28. The maximum atomic E-state index is 11.8. The van der Waals surface area contributed by atoms with Crippen molar-refractivity contribution in [1.29, 1.82) is 0 Å². The lowest BCUT2D eigenvalue weighted by Gasteiger charge is -1.99. The predicted octanol–water partition coefficient (Wildman–Crippen LogP) is 3.07. The topological polar surface area (TPSA) is 80.9 Å². The summed E-state index contributed by atoms with van der Waals surface area (Å²) in [6.07, 6.45) is 0.728. The first-order chi connectivity index (χ1) is 10.7. The summed E-state index contributed by atoms with van der Waals surface area (Å²) in [6, 6.07) is 9.80. The number of rotatable bonds is 5. The number of amides is 1. The molecule has 0 aliphatic heterocycles. The SMILES string of the molecule is Cc1nc(CCC(=O)Nc2nncs2)oc1-c1ccccc1. The molecule has 2 aromatic heterocycles. The summed E-state index contributed by atoms with van der Waals surface area (Å²) in [7, 11) is 0. The number of nitrogens with zero attached hydrogens (tertiary/aromatic N) is 3. The zero-order valence-corrected chi connectivity index (χ0v) is 12.8. The first-order valence-electron chi connectivity index (χ1n) is 6.80. The van der Waals surface area contributed by atoms with Crippen LogP contribution in [0.3, 0.4) is 0 Å². The van der Waals surface area contributed by atoms with Crippen molar-refractivity contribution in [3.05, 3.63) is 47.4 Å². The molecule has 0 unspecified atom stereocenters. The summed E-state index contributed by atoms with van der Waals surface area (Å²) < 4.78 is 5.77. The summed E-state index contributed by atoms with van der Waals surface area (Å²) in [5.74, 6) is 1.18. The number of oxazole rings is 1. The lowest BCUT2D eigenvalue weighted by atomic mass is 10.1. The van der Waals surface area contributed by atoms with Gasteiger partial charge in [-0.25, -0.2) is 4.98 Å². The lowest BCUT2D eigenvalue weighted by molar-refractivity contribution is -0.116. The molecule has 112 valence electrons. The Morgan fingerprint density at radius 3 is 2.86 bits per heavy atom. The maximum absolute atomic E-state index is 11.8. The molecule has 0 fully saturated rings. The molecule has 0 aliphatic carbocycles. The average Bonchev–Trinajstić information content (AvgIpc) is 3.16. The van der Waals surface area contributed by atoms with E-state index in [0.29, 0.717) is 17.4 Å². The maximum Gasteiger partial charge on any atom is 0.226 e. The molecular formula is C15H14N4O2S. The van der Waals surface area contributed by atoms with Gasteiger partial charge in [-0.2, -0.15) is 0 Å². The highest BCUT2D eigenvalue weighted by Gasteiger charge is 2.13. The molecule has 0 atom stereocenters. The number of benzene rings is 1. The molecule has 0 radical (unpaired) electrons. The predicted molar refractivity (Wildman–Crippen MR) is 83.5 cm³/mol. The van der Waals surface area contributed by atoms with Crippen LogP contribution in [0.5, 0.6) is 0 Å². The smallest absolute Gasteiger partial charge is 0.226 e. The average molecular weight is 314 g/mol. The van der Waals surface area contributed by atoms with Crippen LogP contribution in [0.2, 0.25) is 0 Å². The van der Waals surface area contributed by atoms with Gasteiger partial charge in [-0.05, 0) is 6.92 Å².